The number of hydrogen-bond donors (Lipinski definition) is 2. The summed E-state index contributed by atoms with van der Waals surface area (Å²) in [4.78, 5) is -0.0384. The molecule has 1 aromatic carbocycles. The standard InChI is InChI=1S/C11H14N4O4S2/c1-15-7-10(11(12)13-15)21(18,19)14-8-3-5-9(6-4-8)20(2,16)17/h3-7,14H,1-2H3,(H2,12,13). The van der Waals surface area contributed by atoms with Gasteiger partial charge in [-0.05, 0) is 24.3 Å². The molecule has 3 N–H and O–H groups in total. The van der Waals surface area contributed by atoms with Crippen molar-refractivity contribution < 1.29 is 16.8 Å². The first-order valence-corrected chi connectivity index (χ1v) is 9.09. The van der Waals surface area contributed by atoms with Crippen molar-refractivity contribution in [1.29, 1.82) is 0 Å². The molecule has 21 heavy (non-hydrogen) atoms. The number of benzene rings is 1. The molecule has 0 fully saturated rings. The Balaban J connectivity index is 2.31. The number of sulfonamides is 1. The molecule has 1 heterocycles. The third kappa shape index (κ3) is 3.34. The first-order valence-electron chi connectivity index (χ1n) is 5.72. The minimum atomic E-state index is -3.88. The van der Waals surface area contributed by atoms with Crippen LogP contribution in [0.5, 0.6) is 0 Å². The quantitative estimate of drug-likeness (QED) is 0.825. The number of nitrogens with zero attached hydrogens (tertiary/aromatic N) is 2. The summed E-state index contributed by atoms with van der Waals surface area (Å²) in [6, 6.07) is 5.36. The molecular formula is C11H14N4O4S2. The van der Waals surface area contributed by atoms with Crippen molar-refractivity contribution in [1.82, 2.24) is 9.78 Å². The maximum atomic E-state index is 12.2. The number of nitrogens with two attached hydrogens (primary N) is 1. The van der Waals surface area contributed by atoms with Gasteiger partial charge in [-0.25, -0.2) is 16.8 Å². The van der Waals surface area contributed by atoms with Crippen molar-refractivity contribution in [2.75, 3.05) is 16.7 Å². The van der Waals surface area contributed by atoms with E-state index in [1.807, 2.05) is 0 Å². The van der Waals surface area contributed by atoms with Crippen LogP contribution in [-0.4, -0.2) is 32.9 Å². The van der Waals surface area contributed by atoms with Crippen LogP contribution in [0, 0.1) is 0 Å². The molecule has 0 unspecified atom stereocenters. The summed E-state index contributed by atoms with van der Waals surface area (Å²) < 4.78 is 50.6. The maximum absolute atomic E-state index is 12.2. The van der Waals surface area contributed by atoms with Crippen molar-refractivity contribution in [3.05, 3.63) is 30.5 Å². The molecule has 0 saturated heterocycles. The van der Waals surface area contributed by atoms with E-state index in [1.54, 1.807) is 7.05 Å². The van der Waals surface area contributed by atoms with E-state index in [0.29, 0.717) is 0 Å². The summed E-state index contributed by atoms with van der Waals surface area (Å²) in [6.07, 6.45) is 2.35. The third-order valence-electron chi connectivity index (χ3n) is 2.65. The number of sulfone groups is 1. The lowest BCUT2D eigenvalue weighted by Crippen LogP contribution is -2.14. The lowest BCUT2D eigenvalue weighted by Gasteiger charge is -2.07. The lowest BCUT2D eigenvalue weighted by atomic mass is 10.3. The van der Waals surface area contributed by atoms with Crippen LogP contribution in [0.3, 0.4) is 0 Å². The number of nitrogen functional groups attached to an aromatic ring is 1. The van der Waals surface area contributed by atoms with Crippen molar-refractivity contribution >= 4 is 31.4 Å². The van der Waals surface area contributed by atoms with Gasteiger partial charge in [0.05, 0.1) is 4.90 Å². The zero-order valence-corrected chi connectivity index (χ0v) is 12.9. The molecule has 10 heteroatoms. The van der Waals surface area contributed by atoms with Crippen molar-refractivity contribution in [3.63, 3.8) is 0 Å². The number of hydrogen-bond acceptors (Lipinski definition) is 6. The molecule has 0 bridgehead atoms. The topological polar surface area (TPSA) is 124 Å². The number of rotatable bonds is 4. The molecule has 0 spiro atoms. The SMILES string of the molecule is Cn1cc(S(=O)(=O)Nc2ccc(S(C)(=O)=O)cc2)c(N)n1. The summed E-state index contributed by atoms with van der Waals surface area (Å²) in [5.41, 5.74) is 5.76. The van der Waals surface area contributed by atoms with Crippen LogP contribution in [0.2, 0.25) is 0 Å². The minimum absolute atomic E-state index is 0.103. The second-order valence-electron chi connectivity index (χ2n) is 4.45. The molecule has 0 radical (unpaired) electrons. The predicted molar refractivity (Wildman–Crippen MR) is 78.0 cm³/mol. The van der Waals surface area contributed by atoms with Crippen LogP contribution in [0.15, 0.2) is 40.3 Å². The van der Waals surface area contributed by atoms with Crippen LogP contribution in [0.4, 0.5) is 11.5 Å². The first-order chi connectivity index (χ1) is 9.59. The smallest absolute Gasteiger partial charge is 0.267 e. The van der Waals surface area contributed by atoms with E-state index in [1.165, 1.54) is 35.1 Å². The van der Waals surface area contributed by atoms with Crippen molar-refractivity contribution in [3.8, 4) is 0 Å². The number of aromatic nitrogens is 2. The average molecular weight is 330 g/mol. The zero-order chi connectivity index (χ0) is 15.8. The van der Waals surface area contributed by atoms with Crippen molar-refractivity contribution in [2.24, 2.45) is 7.05 Å². The molecule has 0 aliphatic carbocycles. The van der Waals surface area contributed by atoms with E-state index in [9.17, 15) is 16.8 Å². The Morgan fingerprint density at radius 2 is 1.71 bits per heavy atom. The molecule has 0 aliphatic rings. The Hall–Kier alpha value is -2.07. The molecule has 2 aromatic rings. The van der Waals surface area contributed by atoms with Crippen LogP contribution < -0.4 is 10.5 Å². The Morgan fingerprint density at radius 1 is 1.14 bits per heavy atom. The van der Waals surface area contributed by atoms with Gasteiger partial charge in [-0.1, -0.05) is 0 Å². The molecule has 0 amide bonds. The second-order valence-corrected chi connectivity index (χ2v) is 8.12. The highest BCUT2D eigenvalue weighted by molar-refractivity contribution is 7.93. The van der Waals surface area contributed by atoms with Gasteiger partial charge in [0, 0.05) is 25.2 Å². The van der Waals surface area contributed by atoms with Crippen LogP contribution in [0.25, 0.3) is 0 Å². The monoisotopic (exact) mass is 330 g/mol. The fourth-order valence-corrected chi connectivity index (χ4v) is 3.47. The Bertz CT molecular complexity index is 867. The van der Waals surface area contributed by atoms with Crippen LogP contribution in [-0.2, 0) is 26.9 Å². The summed E-state index contributed by atoms with van der Waals surface area (Å²) in [5, 5.41) is 3.76. The molecule has 1 aromatic heterocycles. The largest absolute Gasteiger partial charge is 0.381 e. The van der Waals surface area contributed by atoms with E-state index >= 15 is 0 Å². The molecule has 8 nitrogen and oxygen atoms in total. The number of aryl methyl sites for hydroxylation is 1. The Labute approximate surface area is 122 Å². The van der Waals surface area contributed by atoms with E-state index in [0.717, 1.165) is 6.26 Å². The van der Waals surface area contributed by atoms with E-state index < -0.39 is 19.9 Å². The van der Waals surface area contributed by atoms with Crippen LogP contribution >= 0.6 is 0 Å². The van der Waals surface area contributed by atoms with Gasteiger partial charge in [0.2, 0.25) is 0 Å². The Kier molecular flexibility index (Phi) is 3.68. The fraction of sp³-hybridized carbons (Fsp3) is 0.182. The molecular weight excluding hydrogens is 316 g/mol. The highest BCUT2D eigenvalue weighted by atomic mass is 32.2. The summed E-state index contributed by atoms with van der Waals surface area (Å²) in [5.74, 6) is -0.113. The normalized spacial score (nSPS) is 12.3. The van der Waals surface area contributed by atoms with Crippen LogP contribution in [0.1, 0.15) is 0 Å². The number of nitrogens with one attached hydrogen (secondary N) is 1. The first kappa shape index (κ1) is 15.3. The van der Waals surface area contributed by atoms with E-state index in [-0.39, 0.29) is 21.3 Å². The van der Waals surface area contributed by atoms with Gasteiger partial charge in [-0.3, -0.25) is 9.40 Å². The molecule has 0 saturated carbocycles. The maximum Gasteiger partial charge on any atom is 0.267 e. The predicted octanol–water partition coefficient (Wildman–Crippen LogP) is 0.207. The summed E-state index contributed by atoms with van der Waals surface area (Å²) in [6.45, 7) is 0. The summed E-state index contributed by atoms with van der Waals surface area (Å²) >= 11 is 0. The molecule has 2 rings (SSSR count). The third-order valence-corrected chi connectivity index (χ3v) is 5.17. The van der Waals surface area contributed by atoms with Gasteiger partial charge in [0.15, 0.2) is 15.7 Å². The number of anilines is 2. The van der Waals surface area contributed by atoms with Gasteiger partial charge < -0.3 is 5.73 Å². The van der Waals surface area contributed by atoms with Gasteiger partial charge >= 0.3 is 0 Å². The average Bonchev–Trinajstić information content (AvgIpc) is 2.68. The highest BCUT2D eigenvalue weighted by Gasteiger charge is 2.20. The zero-order valence-electron chi connectivity index (χ0n) is 11.3. The van der Waals surface area contributed by atoms with E-state index in [2.05, 4.69) is 9.82 Å². The minimum Gasteiger partial charge on any atom is -0.381 e. The molecule has 0 aliphatic heterocycles. The summed E-state index contributed by atoms with van der Waals surface area (Å²) in [7, 11) is -5.66. The van der Waals surface area contributed by atoms with Gasteiger partial charge in [0.1, 0.15) is 4.90 Å². The van der Waals surface area contributed by atoms with E-state index in [4.69, 9.17) is 5.73 Å². The molecule has 0 atom stereocenters. The fourth-order valence-electron chi connectivity index (χ4n) is 1.67. The highest BCUT2D eigenvalue weighted by Crippen LogP contribution is 2.21. The molecule has 114 valence electrons. The second kappa shape index (κ2) is 5.04. The van der Waals surface area contributed by atoms with Crippen molar-refractivity contribution in [2.45, 2.75) is 9.79 Å². The van der Waals surface area contributed by atoms with Gasteiger partial charge in [0.25, 0.3) is 10.0 Å². The van der Waals surface area contributed by atoms with Gasteiger partial charge in [-0.15, -0.1) is 0 Å². The lowest BCUT2D eigenvalue weighted by molar-refractivity contribution is 0.600. The van der Waals surface area contributed by atoms with Gasteiger partial charge in [-0.2, -0.15) is 5.10 Å². The Morgan fingerprint density at radius 3 is 2.14 bits per heavy atom.